The number of hydrogen-bond acceptors (Lipinski definition) is 7. The molecule has 3 aromatic carbocycles. The second-order valence-corrected chi connectivity index (χ2v) is 11.2. The Labute approximate surface area is 246 Å². The fourth-order valence-corrected chi connectivity index (χ4v) is 5.93. The van der Waals surface area contributed by atoms with Gasteiger partial charge < -0.3 is 14.2 Å². The standard InChI is InChI=1S/C30H28BrNO5S2/c1-3-15-37-29(34)26(22-12-8-5-9-13-22)32-28(33)25(39-30(32)38)19-21-17-23(31)27(24(18-21)35-2)36-16-14-20-10-6-4-7-11-20/h4-13,17-19,26H,3,14-16H2,1-2H3/b25-19-. The van der Waals surface area contributed by atoms with Gasteiger partial charge in [-0.05, 0) is 57.2 Å². The summed E-state index contributed by atoms with van der Waals surface area (Å²) >= 11 is 10.3. The fourth-order valence-electron chi connectivity index (χ4n) is 4.04. The summed E-state index contributed by atoms with van der Waals surface area (Å²) in [5, 5.41) is 0. The van der Waals surface area contributed by atoms with Crippen molar-refractivity contribution in [1.82, 2.24) is 4.90 Å². The topological polar surface area (TPSA) is 65.1 Å². The number of hydrogen-bond donors (Lipinski definition) is 0. The lowest BCUT2D eigenvalue weighted by atomic mass is 10.1. The van der Waals surface area contributed by atoms with Crippen molar-refractivity contribution in [3.63, 3.8) is 0 Å². The number of carbonyl (C=O) groups excluding carboxylic acids is 2. The van der Waals surface area contributed by atoms with Crippen LogP contribution in [0.25, 0.3) is 6.08 Å². The minimum Gasteiger partial charge on any atom is -0.493 e. The van der Waals surface area contributed by atoms with Crippen molar-refractivity contribution in [3.05, 3.63) is 98.9 Å². The van der Waals surface area contributed by atoms with Crippen LogP contribution in [0.4, 0.5) is 0 Å². The van der Waals surface area contributed by atoms with E-state index in [4.69, 9.17) is 26.4 Å². The predicted octanol–water partition coefficient (Wildman–Crippen LogP) is 6.97. The fraction of sp³-hybridized carbons (Fsp3) is 0.233. The number of thiocarbonyl (C=S) groups is 1. The van der Waals surface area contributed by atoms with Gasteiger partial charge in [-0.1, -0.05) is 91.6 Å². The molecule has 0 spiro atoms. The van der Waals surface area contributed by atoms with Crippen LogP contribution in [0.15, 0.2) is 82.2 Å². The van der Waals surface area contributed by atoms with Crippen LogP contribution in [-0.4, -0.2) is 41.4 Å². The largest absolute Gasteiger partial charge is 0.493 e. The molecule has 1 aliphatic rings. The van der Waals surface area contributed by atoms with Crippen molar-refractivity contribution in [1.29, 1.82) is 0 Å². The van der Waals surface area contributed by atoms with Gasteiger partial charge in [0.2, 0.25) is 0 Å². The van der Waals surface area contributed by atoms with E-state index in [-0.39, 0.29) is 12.5 Å². The van der Waals surface area contributed by atoms with Gasteiger partial charge in [0, 0.05) is 6.42 Å². The number of halogens is 1. The van der Waals surface area contributed by atoms with Gasteiger partial charge in [-0.25, -0.2) is 4.79 Å². The number of ether oxygens (including phenoxy) is 3. The second kappa shape index (κ2) is 13.8. The van der Waals surface area contributed by atoms with E-state index >= 15 is 0 Å². The number of amides is 1. The van der Waals surface area contributed by atoms with Crippen LogP contribution < -0.4 is 9.47 Å². The summed E-state index contributed by atoms with van der Waals surface area (Å²) in [6, 6.07) is 21.9. The highest BCUT2D eigenvalue weighted by molar-refractivity contribution is 9.10. The summed E-state index contributed by atoms with van der Waals surface area (Å²) in [6.45, 7) is 2.66. The number of carbonyl (C=O) groups is 2. The normalized spacial score (nSPS) is 14.9. The van der Waals surface area contributed by atoms with Gasteiger partial charge in [-0.15, -0.1) is 0 Å². The molecular weight excluding hydrogens is 598 g/mol. The zero-order chi connectivity index (χ0) is 27.8. The molecular formula is C30H28BrNO5S2. The summed E-state index contributed by atoms with van der Waals surface area (Å²) in [5.74, 6) is 0.248. The predicted molar refractivity (Wildman–Crippen MR) is 162 cm³/mol. The molecule has 1 saturated heterocycles. The molecule has 202 valence electrons. The molecule has 0 aromatic heterocycles. The lowest BCUT2D eigenvalue weighted by Crippen LogP contribution is -2.38. The van der Waals surface area contributed by atoms with E-state index in [0.717, 1.165) is 23.7 Å². The van der Waals surface area contributed by atoms with Gasteiger partial charge in [0.05, 0.1) is 29.7 Å². The molecule has 0 aliphatic carbocycles. The molecule has 0 saturated carbocycles. The lowest BCUT2D eigenvalue weighted by molar-refractivity contribution is -0.151. The maximum atomic E-state index is 13.6. The Kier molecular flexibility index (Phi) is 10.2. The summed E-state index contributed by atoms with van der Waals surface area (Å²) < 4.78 is 18.1. The SMILES string of the molecule is CCCOC(=O)C(c1ccccc1)N1C(=O)/C(=C/c2cc(Br)c(OCCc3ccccc3)c(OC)c2)SC1=S. The van der Waals surface area contributed by atoms with Crippen molar-refractivity contribution in [3.8, 4) is 11.5 Å². The minimum atomic E-state index is -0.960. The molecule has 1 amide bonds. The first kappa shape index (κ1) is 28.9. The maximum absolute atomic E-state index is 13.6. The number of thioether (sulfide) groups is 1. The third-order valence-electron chi connectivity index (χ3n) is 5.90. The van der Waals surface area contributed by atoms with E-state index in [2.05, 4.69) is 28.1 Å². The van der Waals surface area contributed by atoms with Crippen LogP contribution in [0.1, 0.15) is 36.1 Å². The maximum Gasteiger partial charge on any atom is 0.333 e. The van der Waals surface area contributed by atoms with Gasteiger partial charge in [0.15, 0.2) is 17.5 Å². The van der Waals surface area contributed by atoms with E-state index in [9.17, 15) is 9.59 Å². The van der Waals surface area contributed by atoms with Gasteiger partial charge >= 0.3 is 5.97 Å². The lowest BCUT2D eigenvalue weighted by Gasteiger charge is -2.25. The van der Waals surface area contributed by atoms with Crippen molar-refractivity contribution in [2.45, 2.75) is 25.8 Å². The van der Waals surface area contributed by atoms with Crippen molar-refractivity contribution < 1.29 is 23.8 Å². The quantitative estimate of drug-likeness (QED) is 0.129. The molecule has 9 heteroatoms. The molecule has 0 N–H and O–H groups in total. The third kappa shape index (κ3) is 7.09. The minimum absolute atomic E-state index is 0.264. The van der Waals surface area contributed by atoms with Crippen LogP contribution in [0.2, 0.25) is 0 Å². The van der Waals surface area contributed by atoms with Crippen LogP contribution in [-0.2, 0) is 20.7 Å². The summed E-state index contributed by atoms with van der Waals surface area (Å²) in [4.78, 5) is 28.4. The molecule has 3 aromatic rings. The molecule has 39 heavy (non-hydrogen) atoms. The first-order chi connectivity index (χ1) is 18.9. The van der Waals surface area contributed by atoms with Crippen molar-refractivity contribution in [2.75, 3.05) is 20.3 Å². The first-order valence-corrected chi connectivity index (χ1v) is 14.5. The Bertz CT molecular complexity index is 1360. The highest BCUT2D eigenvalue weighted by Crippen LogP contribution is 2.41. The van der Waals surface area contributed by atoms with Crippen LogP contribution in [0.3, 0.4) is 0 Å². The van der Waals surface area contributed by atoms with Gasteiger partial charge in [-0.2, -0.15) is 0 Å². The Morgan fingerprint density at radius 2 is 1.77 bits per heavy atom. The molecule has 1 aliphatic heterocycles. The molecule has 1 heterocycles. The average molecular weight is 627 g/mol. The Morgan fingerprint density at radius 3 is 2.44 bits per heavy atom. The number of nitrogens with zero attached hydrogens (tertiary/aromatic N) is 1. The second-order valence-electron chi connectivity index (χ2n) is 8.65. The van der Waals surface area contributed by atoms with E-state index < -0.39 is 12.0 Å². The molecule has 0 radical (unpaired) electrons. The summed E-state index contributed by atoms with van der Waals surface area (Å²) in [6.07, 6.45) is 3.16. The highest BCUT2D eigenvalue weighted by Gasteiger charge is 2.42. The zero-order valence-corrected chi connectivity index (χ0v) is 24.8. The summed E-state index contributed by atoms with van der Waals surface area (Å²) in [7, 11) is 1.57. The van der Waals surface area contributed by atoms with Crippen molar-refractivity contribution in [2.24, 2.45) is 0 Å². The Morgan fingerprint density at radius 1 is 1.08 bits per heavy atom. The van der Waals surface area contributed by atoms with Gasteiger partial charge in [0.1, 0.15) is 4.32 Å². The summed E-state index contributed by atoms with van der Waals surface area (Å²) in [5.41, 5.74) is 2.54. The van der Waals surface area contributed by atoms with E-state index in [1.54, 1.807) is 31.4 Å². The van der Waals surface area contributed by atoms with E-state index in [1.165, 1.54) is 10.5 Å². The third-order valence-corrected chi connectivity index (χ3v) is 7.82. The first-order valence-electron chi connectivity index (χ1n) is 12.5. The molecule has 4 rings (SSSR count). The van der Waals surface area contributed by atoms with E-state index in [0.29, 0.717) is 43.8 Å². The Balaban J connectivity index is 1.56. The number of methoxy groups -OCH3 is 1. The molecule has 6 nitrogen and oxygen atoms in total. The molecule has 1 fully saturated rings. The number of benzene rings is 3. The highest BCUT2D eigenvalue weighted by atomic mass is 79.9. The smallest absolute Gasteiger partial charge is 0.333 e. The molecule has 0 bridgehead atoms. The van der Waals surface area contributed by atoms with Crippen LogP contribution in [0, 0.1) is 0 Å². The average Bonchev–Trinajstić information content (AvgIpc) is 3.21. The van der Waals surface area contributed by atoms with E-state index in [1.807, 2.05) is 49.4 Å². The van der Waals surface area contributed by atoms with Crippen LogP contribution >= 0.6 is 39.9 Å². The van der Waals surface area contributed by atoms with Crippen LogP contribution in [0.5, 0.6) is 11.5 Å². The number of rotatable bonds is 11. The monoisotopic (exact) mass is 625 g/mol. The molecule has 1 unspecified atom stereocenters. The zero-order valence-electron chi connectivity index (χ0n) is 21.6. The molecule has 1 atom stereocenters. The number of esters is 1. The Hall–Kier alpha value is -3.14. The van der Waals surface area contributed by atoms with Gasteiger partial charge in [-0.3, -0.25) is 9.69 Å². The van der Waals surface area contributed by atoms with Gasteiger partial charge in [0.25, 0.3) is 5.91 Å². The van der Waals surface area contributed by atoms with Crippen molar-refractivity contribution >= 4 is 62.2 Å².